The van der Waals surface area contributed by atoms with E-state index >= 15 is 0 Å². The third-order valence-electron chi connectivity index (χ3n) is 13.6. The van der Waals surface area contributed by atoms with Crippen LogP contribution in [-0.4, -0.2) is 66.4 Å². The first-order valence-electron chi connectivity index (χ1n) is 19.2. The zero-order chi connectivity index (χ0) is 34.4. The molecule has 48 heavy (non-hydrogen) atoms. The van der Waals surface area contributed by atoms with Gasteiger partial charge in [-0.25, -0.2) is 0 Å². The fourth-order valence-corrected chi connectivity index (χ4v) is 10.9. The van der Waals surface area contributed by atoms with Crippen LogP contribution >= 0.6 is 0 Å². The molecule has 0 heterocycles. The van der Waals surface area contributed by atoms with Crippen LogP contribution in [0.1, 0.15) is 131 Å². The Balaban J connectivity index is 0.000000608. The topological polar surface area (TPSA) is 142 Å². The SMILES string of the molecule is CC(C)CCC[C@@H](C)[C@H]1CCC2C3CC=C4C[C@@H](OCCN(CC(=O)[O-])CC(=O)O)CC[C@]4(C)C3CC[C@@]21C.N[C@@H]1CCCC[C@H]1N.[Pt]. The largest absolute Gasteiger partial charge is 0.549 e. The van der Waals surface area contributed by atoms with E-state index in [1.807, 2.05) is 0 Å². The molecule has 0 radical (unpaired) electrons. The van der Waals surface area contributed by atoms with Crippen LogP contribution in [0, 0.1) is 46.3 Å². The first kappa shape index (κ1) is 41.6. The van der Waals surface area contributed by atoms with Crippen LogP contribution in [0.3, 0.4) is 0 Å². The van der Waals surface area contributed by atoms with Crippen molar-refractivity contribution in [1.29, 1.82) is 0 Å². The Morgan fingerprint density at radius 3 is 2.27 bits per heavy atom. The molecule has 8 nitrogen and oxygen atoms in total. The standard InChI is InChI=1S/C33H55NO5.C6H14N2.Pt/c1-22(2)7-6-8-23(3)27-11-12-28-26-10-9-24-19-25(39-18-17-34(20-30(35)36)21-31(37)38)13-15-32(24,4)29(26)14-16-33(27,28)5;7-5-3-1-2-4-6(5)8;/h9,22-23,25-29H,6-8,10-21H2,1-5H3,(H,35,36)(H,37,38);5-6H,1-4,7-8H2;/p-1/t23-,25+,26?,27-,28?,29?,32+,33-;5-,6-;/m11./s1. The molecular formula is C39H68N3O5Pt-. The first-order valence-corrected chi connectivity index (χ1v) is 19.2. The Labute approximate surface area is 306 Å². The third kappa shape index (κ3) is 10.4. The van der Waals surface area contributed by atoms with Crippen LogP contribution in [0.15, 0.2) is 11.6 Å². The Bertz CT molecular complexity index is 1050. The molecule has 280 valence electrons. The quantitative estimate of drug-likeness (QED) is 0.199. The molecule has 10 atom stereocenters. The molecule has 9 heteroatoms. The Hall–Kier alpha value is -0.792. The normalized spacial score (nSPS) is 36.4. The number of hydrogen-bond donors (Lipinski definition) is 3. The number of nitrogens with two attached hydrogens (primary N) is 2. The molecule has 5 aliphatic carbocycles. The molecule has 0 aliphatic heterocycles. The maximum absolute atomic E-state index is 11.1. The number of carboxylic acid groups (broad SMARTS) is 2. The van der Waals surface area contributed by atoms with Gasteiger partial charge >= 0.3 is 5.97 Å². The second-order valence-electron chi connectivity index (χ2n) is 17.1. The minimum absolute atomic E-state index is 0. The van der Waals surface area contributed by atoms with E-state index in [1.165, 1.54) is 69.1 Å². The van der Waals surface area contributed by atoms with Crippen molar-refractivity contribution < 1.29 is 45.6 Å². The monoisotopic (exact) mass is 853 g/mol. The predicted octanol–water partition coefficient (Wildman–Crippen LogP) is 5.76. The molecule has 5 N–H and O–H groups in total. The molecule has 0 spiro atoms. The Morgan fingerprint density at radius 2 is 1.67 bits per heavy atom. The van der Waals surface area contributed by atoms with Gasteiger partial charge in [0.05, 0.1) is 25.2 Å². The summed E-state index contributed by atoms with van der Waals surface area (Å²) in [6.45, 7) is 12.4. The molecule has 0 aromatic rings. The third-order valence-corrected chi connectivity index (χ3v) is 13.6. The summed E-state index contributed by atoms with van der Waals surface area (Å²) >= 11 is 0. The number of hydrogen-bond acceptors (Lipinski definition) is 7. The molecule has 0 aromatic heterocycles. The van der Waals surface area contributed by atoms with Crippen LogP contribution in [0.25, 0.3) is 0 Å². The maximum atomic E-state index is 11.1. The van der Waals surface area contributed by atoms with Gasteiger partial charge in [0.25, 0.3) is 0 Å². The van der Waals surface area contributed by atoms with Gasteiger partial charge in [0.2, 0.25) is 0 Å². The molecule has 4 fully saturated rings. The van der Waals surface area contributed by atoms with Gasteiger partial charge in [0.15, 0.2) is 0 Å². The van der Waals surface area contributed by atoms with E-state index in [0.717, 1.165) is 67.6 Å². The van der Waals surface area contributed by atoms with E-state index in [9.17, 15) is 14.7 Å². The summed E-state index contributed by atoms with van der Waals surface area (Å²) in [4.78, 5) is 23.4. The van der Waals surface area contributed by atoms with Gasteiger partial charge in [0, 0.05) is 46.2 Å². The number of rotatable bonds is 13. The summed E-state index contributed by atoms with van der Waals surface area (Å²) in [6, 6.07) is 0.562. The average Bonchev–Trinajstić information content (AvgIpc) is 3.35. The van der Waals surface area contributed by atoms with E-state index in [-0.39, 0.29) is 64.3 Å². The summed E-state index contributed by atoms with van der Waals surface area (Å²) < 4.78 is 6.19. The predicted molar refractivity (Wildman–Crippen MR) is 186 cm³/mol. The summed E-state index contributed by atoms with van der Waals surface area (Å²) in [6.07, 6.45) is 21.6. The molecule has 0 aromatic carbocycles. The number of carbonyl (C=O) groups excluding carboxylic acids is 1. The van der Waals surface area contributed by atoms with E-state index < -0.39 is 11.9 Å². The fraction of sp³-hybridized carbons (Fsp3) is 0.897. The van der Waals surface area contributed by atoms with Crippen molar-refractivity contribution >= 4 is 11.9 Å². The number of ether oxygens (including phenoxy) is 1. The van der Waals surface area contributed by atoms with Gasteiger partial charge in [0.1, 0.15) is 0 Å². The van der Waals surface area contributed by atoms with Gasteiger partial charge < -0.3 is 31.2 Å². The van der Waals surface area contributed by atoms with E-state index in [0.29, 0.717) is 12.0 Å². The number of carbonyl (C=O) groups is 2. The zero-order valence-electron chi connectivity index (χ0n) is 30.7. The van der Waals surface area contributed by atoms with Crippen LogP contribution in [-0.2, 0) is 35.4 Å². The van der Waals surface area contributed by atoms with Crippen molar-refractivity contribution in [2.75, 3.05) is 26.2 Å². The van der Waals surface area contributed by atoms with Crippen LogP contribution in [0.4, 0.5) is 0 Å². The Morgan fingerprint density at radius 1 is 0.979 bits per heavy atom. The fourth-order valence-electron chi connectivity index (χ4n) is 10.9. The number of fused-ring (bicyclic) bond motifs is 5. The summed E-state index contributed by atoms with van der Waals surface area (Å²) in [5, 5.41) is 20.0. The summed E-state index contributed by atoms with van der Waals surface area (Å²) in [7, 11) is 0. The number of allylic oxidation sites excluding steroid dienone is 1. The molecule has 0 bridgehead atoms. The second-order valence-corrected chi connectivity index (χ2v) is 17.1. The number of nitrogens with zero attached hydrogens (tertiary/aromatic N) is 1. The summed E-state index contributed by atoms with van der Waals surface area (Å²) in [5.74, 6) is 2.69. The van der Waals surface area contributed by atoms with E-state index in [2.05, 4.69) is 40.7 Å². The van der Waals surface area contributed by atoms with Crippen molar-refractivity contribution in [3.05, 3.63) is 11.6 Å². The van der Waals surface area contributed by atoms with Crippen molar-refractivity contribution in [1.82, 2.24) is 4.90 Å². The van der Waals surface area contributed by atoms with Gasteiger partial charge in [-0.2, -0.15) is 0 Å². The molecule has 0 saturated heterocycles. The zero-order valence-corrected chi connectivity index (χ0v) is 33.0. The van der Waals surface area contributed by atoms with Crippen molar-refractivity contribution in [2.24, 2.45) is 57.8 Å². The number of aliphatic carboxylic acids is 2. The first-order chi connectivity index (χ1) is 22.2. The van der Waals surface area contributed by atoms with Crippen molar-refractivity contribution in [3.8, 4) is 0 Å². The van der Waals surface area contributed by atoms with E-state index in [4.69, 9.17) is 21.3 Å². The van der Waals surface area contributed by atoms with E-state index in [1.54, 1.807) is 5.57 Å². The molecule has 0 amide bonds. The average molecular weight is 854 g/mol. The molecule has 4 saturated carbocycles. The Kier molecular flexibility index (Phi) is 16.2. The van der Waals surface area contributed by atoms with Crippen LogP contribution < -0.4 is 16.6 Å². The van der Waals surface area contributed by atoms with Gasteiger partial charge in [-0.15, -0.1) is 0 Å². The molecule has 3 unspecified atom stereocenters. The van der Waals surface area contributed by atoms with Crippen molar-refractivity contribution in [3.63, 3.8) is 0 Å². The van der Waals surface area contributed by atoms with Gasteiger partial charge in [-0.1, -0.05) is 78.4 Å². The molecular weight excluding hydrogens is 786 g/mol. The van der Waals surface area contributed by atoms with Crippen molar-refractivity contribution in [2.45, 2.75) is 149 Å². The van der Waals surface area contributed by atoms with Gasteiger partial charge in [-0.05, 0) is 111 Å². The maximum Gasteiger partial charge on any atom is 0.317 e. The van der Waals surface area contributed by atoms with Crippen LogP contribution in [0.2, 0.25) is 0 Å². The van der Waals surface area contributed by atoms with Gasteiger partial charge in [-0.3, -0.25) is 9.69 Å². The van der Waals surface area contributed by atoms with Crippen LogP contribution in [0.5, 0.6) is 0 Å². The number of carboxylic acids is 2. The minimum Gasteiger partial charge on any atom is -0.549 e. The molecule has 5 rings (SSSR count). The minimum atomic E-state index is -1.26. The smallest absolute Gasteiger partial charge is 0.317 e. The summed E-state index contributed by atoms with van der Waals surface area (Å²) in [5.41, 5.74) is 13.7. The molecule has 5 aliphatic rings. The second kappa shape index (κ2) is 18.6.